The molecule has 1 saturated carbocycles. The van der Waals surface area contributed by atoms with Crippen molar-refractivity contribution < 1.29 is 13.2 Å². The maximum Gasteiger partial charge on any atom is 0.259 e. The molecule has 0 bridgehead atoms. The van der Waals surface area contributed by atoms with E-state index in [1.807, 2.05) is 26.0 Å². The molecular formula is C22H23ClN4O3S. The van der Waals surface area contributed by atoms with E-state index >= 15 is 0 Å². The molecule has 0 saturated heterocycles. The average Bonchev–Trinajstić information content (AvgIpc) is 3.40. The van der Waals surface area contributed by atoms with Crippen LogP contribution in [0.1, 0.15) is 48.7 Å². The molecule has 2 aromatic carbocycles. The summed E-state index contributed by atoms with van der Waals surface area (Å²) in [7, 11) is -3.61. The molecule has 0 radical (unpaired) electrons. The Morgan fingerprint density at radius 2 is 1.90 bits per heavy atom. The van der Waals surface area contributed by atoms with Crippen LogP contribution in [0.5, 0.6) is 0 Å². The molecule has 1 aliphatic rings. The van der Waals surface area contributed by atoms with Gasteiger partial charge in [-0.15, -0.1) is 0 Å². The van der Waals surface area contributed by atoms with Gasteiger partial charge in [-0.2, -0.15) is 5.10 Å². The van der Waals surface area contributed by atoms with Crippen LogP contribution >= 0.6 is 11.6 Å². The molecule has 1 heterocycles. The summed E-state index contributed by atoms with van der Waals surface area (Å²) in [6.07, 6.45) is 3.22. The molecule has 0 aliphatic heterocycles. The van der Waals surface area contributed by atoms with Crippen LogP contribution in [0.4, 0.5) is 5.69 Å². The number of carbonyl (C=O) groups is 1. The van der Waals surface area contributed by atoms with Crippen molar-refractivity contribution in [2.24, 2.45) is 0 Å². The zero-order valence-corrected chi connectivity index (χ0v) is 18.7. The maximum atomic E-state index is 13.0. The van der Waals surface area contributed by atoms with Gasteiger partial charge in [-0.25, -0.2) is 17.8 Å². The summed E-state index contributed by atoms with van der Waals surface area (Å²) in [4.78, 5) is 13.2. The van der Waals surface area contributed by atoms with Gasteiger partial charge in [0.15, 0.2) is 0 Å². The highest BCUT2D eigenvalue weighted by Gasteiger charge is 2.28. The minimum atomic E-state index is -3.61. The van der Waals surface area contributed by atoms with Crippen LogP contribution in [0.2, 0.25) is 5.02 Å². The molecule has 4 rings (SSSR count). The number of amides is 1. The second-order valence-electron chi connectivity index (χ2n) is 7.87. The minimum Gasteiger partial charge on any atom is -0.322 e. The van der Waals surface area contributed by atoms with Crippen molar-refractivity contribution in [2.45, 2.75) is 43.5 Å². The van der Waals surface area contributed by atoms with Gasteiger partial charge in [0.25, 0.3) is 5.91 Å². The Morgan fingerprint density at radius 1 is 1.16 bits per heavy atom. The lowest BCUT2D eigenvalue weighted by Gasteiger charge is -2.13. The van der Waals surface area contributed by atoms with Crippen LogP contribution in [0.3, 0.4) is 0 Å². The molecule has 31 heavy (non-hydrogen) atoms. The number of hydrogen-bond donors (Lipinski definition) is 2. The predicted molar refractivity (Wildman–Crippen MR) is 120 cm³/mol. The fourth-order valence-corrected chi connectivity index (χ4v) is 4.87. The van der Waals surface area contributed by atoms with Gasteiger partial charge in [-0.3, -0.25) is 4.79 Å². The largest absolute Gasteiger partial charge is 0.322 e. The minimum absolute atomic E-state index is 0.00850. The summed E-state index contributed by atoms with van der Waals surface area (Å²) in [5, 5.41) is 7.78. The fraction of sp³-hybridized carbons (Fsp3) is 0.273. The third kappa shape index (κ3) is 4.81. The van der Waals surface area contributed by atoms with E-state index in [9.17, 15) is 13.2 Å². The van der Waals surface area contributed by atoms with Gasteiger partial charge in [0.2, 0.25) is 10.0 Å². The van der Waals surface area contributed by atoms with Crippen molar-refractivity contribution in [3.8, 4) is 5.69 Å². The summed E-state index contributed by atoms with van der Waals surface area (Å²) < 4.78 is 29.3. The molecule has 1 fully saturated rings. The van der Waals surface area contributed by atoms with Crippen LogP contribution in [-0.2, 0) is 10.0 Å². The maximum absolute atomic E-state index is 13.0. The highest BCUT2D eigenvalue weighted by atomic mass is 35.5. The van der Waals surface area contributed by atoms with E-state index in [2.05, 4.69) is 15.1 Å². The molecule has 162 valence electrons. The standard InChI is InChI=1S/C22H23ClN4O3S/c1-14(2)21-20(13-24-27(21)18-7-3-5-15(23)11-18)22(28)25-17-6-4-8-19(12-17)31(29,30)26-16-9-10-16/h3-8,11-14,16,26H,9-10H2,1-2H3,(H,25,28). The molecule has 0 spiro atoms. The van der Waals surface area contributed by atoms with Crippen molar-refractivity contribution in [1.29, 1.82) is 0 Å². The number of halogens is 1. The summed E-state index contributed by atoms with van der Waals surface area (Å²) >= 11 is 6.12. The van der Waals surface area contributed by atoms with Crippen LogP contribution in [0.15, 0.2) is 59.6 Å². The van der Waals surface area contributed by atoms with Gasteiger partial charge in [-0.1, -0.05) is 37.6 Å². The third-order valence-electron chi connectivity index (χ3n) is 4.95. The highest BCUT2D eigenvalue weighted by Crippen LogP contribution is 2.26. The van der Waals surface area contributed by atoms with Crippen molar-refractivity contribution in [3.05, 3.63) is 71.0 Å². The second kappa shape index (κ2) is 8.45. The van der Waals surface area contributed by atoms with E-state index in [1.54, 1.807) is 28.9 Å². The van der Waals surface area contributed by atoms with Gasteiger partial charge in [0.05, 0.1) is 28.0 Å². The number of sulfonamides is 1. The Balaban J connectivity index is 1.61. The Kier molecular flexibility index (Phi) is 5.88. The van der Waals surface area contributed by atoms with E-state index in [1.165, 1.54) is 18.3 Å². The molecule has 1 aromatic heterocycles. The predicted octanol–water partition coefficient (Wildman–Crippen LogP) is 4.34. The van der Waals surface area contributed by atoms with Gasteiger partial charge >= 0.3 is 0 Å². The molecule has 2 N–H and O–H groups in total. The van der Waals surface area contributed by atoms with Crippen LogP contribution in [0, 0.1) is 0 Å². The Labute approximate surface area is 186 Å². The van der Waals surface area contributed by atoms with Crippen LogP contribution in [-0.4, -0.2) is 30.1 Å². The topological polar surface area (TPSA) is 93.1 Å². The number of anilines is 1. The van der Waals surface area contributed by atoms with Gasteiger partial charge in [0.1, 0.15) is 0 Å². The Bertz CT molecular complexity index is 1230. The van der Waals surface area contributed by atoms with Crippen molar-refractivity contribution in [1.82, 2.24) is 14.5 Å². The summed E-state index contributed by atoms with van der Waals surface area (Å²) in [6, 6.07) is 13.5. The third-order valence-corrected chi connectivity index (χ3v) is 6.71. The van der Waals surface area contributed by atoms with Gasteiger partial charge in [-0.05, 0) is 55.2 Å². The molecule has 7 nitrogen and oxygen atoms in total. The molecule has 1 amide bonds. The summed E-state index contributed by atoms with van der Waals surface area (Å²) in [6.45, 7) is 3.96. The number of nitrogens with zero attached hydrogens (tertiary/aromatic N) is 2. The molecule has 9 heteroatoms. The fourth-order valence-electron chi connectivity index (χ4n) is 3.33. The molecule has 0 atom stereocenters. The molecular weight excluding hydrogens is 436 g/mol. The number of benzene rings is 2. The zero-order chi connectivity index (χ0) is 22.2. The molecule has 0 unspecified atom stereocenters. The first-order chi connectivity index (χ1) is 14.7. The normalized spacial score (nSPS) is 14.1. The number of nitrogens with one attached hydrogen (secondary N) is 2. The van der Waals surface area contributed by atoms with E-state index in [0.29, 0.717) is 16.3 Å². The number of rotatable bonds is 7. The van der Waals surface area contributed by atoms with E-state index in [-0.39, 0.29) is 22.8 Å². The van der Waals surface area contributed by atoms with Gasteiger partial charge < -0.3 is 5.32 Å². The van der Waals surface area contributed by atoms with Crippen molar-refractivity contribution in [2.75, 3.05) is 5.32 Å². The molecule has 3 aromatic rings. The van der Waals surface area contributed by atoms with Crippen molar-refractivity contribution in [3.63, 3.8) is 0 Å². The molecule has 1 aliphatic carbocycles. The lowest BCUT2D eigenvalue weighted by atomic mass is 10.0. The first-order valence-corrected chi connectivity index (χ1v) is 11.9. The van der Waals surface area contributed by atoms with Crippen LogP contribution < -0.4 is 10.0 Å². The lowest BCUT2D eigenvalue weighted by Crippen LogP contribution is -2.25. The SMILES string of the molecule is CC(C)c1c(C(=O)Nc2cccc(S(=O)(=O)NC3CC3)c2)cnn1-c1cccc(Cl)c1. The quantitative estimate of drug-likeness (QED) is 0.550. The Morgan fingerprint density at radius 3 is 2.58 bits per heavy atom. The lowest BCUT2D eigenvalue weighted by molar-refractivity contribution is 0.102. The van der Waals surface area contributed by atoms with E-state index in [0.717, 1.165) is 24.2 Å². The number of carbonyl (C=O) groups excluding carboxylic acids is 1. The van der Waals surface area contributed by atoms with Crippen LogP contribution in [0.25, 0.3) is 5.69 Å². The first-order valence-electron chi connectivity index (χ1n) is 10.0. The second-order valence-corrected chi connectivity index (χ2v) is 10.0. The monoisotopic (exact) mass is 458 g/mol. The summed E-state index contributed by atoms with van der Waals surface area (Å²) in [5.41, 5.74) is 2.31. The van der Waals surface area contributed by atoms with E-state index < -0.39 is 10.0 Å². The smallest absolute Gasteiger partial charge is 0.259 e. The van der Waals surface area contributed by atoms with Crippen molar-refractivity contribution >= 4 is 33.2 Å². The number of hydrogen-bond acceptors (Lipinski definition) is 4. The van der Waals surface area contributed by atoms with Gasteiger partial charge in [0, 0.05) is 16.8 Å². The summed E-state index contributed by atoms with van der Waals surface area (Å²) in [5.74, 6) is -0.349. The average molecular weight is 459 g/mol. The Hall–Kier alpha value is -2.68. The number of aromatic nitrogens is 2. The van der Waals surface area contributed by atoms with E-state index in [4.69, 9.17) is 11.6 Å². The highest BCUT2D eigenvalue weighted by molar-refractivity contribution is 7.89. The first kappa shape index (κ1) is 21.5. The zero-order valence-electron chi connectivity index (χ0n) is 17.2.